The molecule has 1 aromatic heterocycles. The van der Waals surface area contributed by atoms with Gasteiger partial charge in [0.1, 0.15) is 23.6 Å². The first-order valence-corrected chi connectivity index (χ1v) is 14.9. The number of rotatable bonds is 8. The predicted molar refractivity (Wildman–Crippen MR) is 177 cm³/mol. The van der Waals surface area contributed by atoms with Gasteiger partial charge in [0.2, 0.25) is 0 Å². The molecule has 0 aliphatic rings. The first-order chi connectivity index (χ1) is 20.7. The molecule has 0 bridgehead atoms. The van der Waals surface area contributed by atoms with Crippen LogP contribution in [0.1, 0.15) is 82.6 Å². The van der Waals surface area contributed by atoms with Gasteiger partial charge in [-0.05, 0) is 90.0 Å². The van der Waals surface area contributed by atoms with Gasteiger partial charge in [-0.2, -0.15) is 0 Å². The third-order valence-electron chi connectivity index (χ3n) is 8.51. The van der Waals surface area contributed by atoms with Gasteiger partial charge in [0, 0.05) is 33.1 Å². The lowest BCUT2D eigenvalue weighted by molar-refractivity contribution is 0.286. The van der Waals surface area contributed by atoms with Crippen molar-refractivity contribution in [1.82, 2.24) is 4.57 Å². The van der Waals surface area contributed by atoms with Gasteiger partial charge in [0.25, 0.3) is 0 Å². The number of fused-ring (bicyclic) bond motifs is 3. The van der Waals surface area contributed by atoms with Crippen LogP contribution in [0.4, 0.5) is 18.9 Å². The van der Waals surface area contributed by atoms with Crippen LogP contribution in [0.25, 0.3) is 27.5 Å². The predicted octanol–water partition coefficient (Wildman–Crippen LogP) is 10.0. The zero-order chi connectivity index (χ0) is 32.1. The first-order valence-electron chi connectivity index (χ1n) is 14.9. The Bertz CT molecular complexity index is 1890. The number of para-hydroxylation sites is 1. The van der Waals surface area contributed by atoms with Crippen molar-refractivity contribution < 1.29 is 13.2 Å². The summed E-state index contributed by atoms with van der Waals surface area (Å²) in [5.41, 5.74) is 11.6. The van der Waals surface area contributed by atoms with E-state index < -0.39 is 17.4 Å². The highest BCUT2D eigenvalue weighted by Gasteiger charge is 2.36. The molecule has 4 nitrogen and oxygen atoms in total. The van der Waals surface area contributed by atoms with E-state index in [2.05, 4.69) is 27.7 Å². The second-order valence-corrected chi connectivity index (χ2v) is 12.7. The summed E-state index contributed by atoms with van der Waals surface area (Å²) in [4.78, 5) is 5.02. The summed E-state index contributed by atoms with van der Waals surface area (Å²) in [6.07, 6.45) is -1.61. The number of hydrogen-bond donors (Lipinski definition) is 2. The maximum absolute atomic E-state index is 15.9. The highest BCUT2D eigenvalue weighted by Crippen LogP contribution is 2.41. The molecule has 0 spiro atoms. The minimum Gasteiger partial charge on any atom is -0.383 e. The Labute approximate surface area is 256 Å². The molecule has 0 aliphatic carbocycles. The summed E-state index contributed by atoms with van der Waals surface area (Å²) in [5.74, 6) is -0.201. The fraction of sp³-hybridized carbons (Fsp3) is 0.297. The van der Waals surface area contributed by atoms with Gasteiger partial charge in [0.05, 0.1) is 16.7 Å². The van der Waals surface area contributed by atoms with E-state index >= 15 is 4.39 Å². The Hall–Kier alpha value is -4.39. The fourth-order valence-electron chi connectivity index (χ4n) is 6.15. The van der Waals surface area contributed by atoms with Gasteiger partial charge in [0.15, 0.2) is 0 Å². The number of nitrogens with zero attached hydrogens (tertiary/aromatic N) is 2. The smallest absolute Gasteiger partial charge is 0.146 e. The topological polar surface area (TPSA) is 67.2 Å². The van der Waals surface area contributed by atoms with Crippen LogP contribution in [0.5, 0.6) is 0 Å². The summed E-state index contributed by atoms with van der Waals surface area (Å²) < 4.78 is 46.5. The Balaban J connectivity index is 1.91. The van der Waals surface area contributed by atoms with Gasteiger partial charge in [-0.15, -0.1) is 0 Å². The number of aromatic nitrogens is 1. The Kier molecular flexibility index (Phi) is 8.19. The third kappa shape index (κ3) is 5.40. The van der Waals surface area contributed by atoms with E-state index in [1.54, 1.807) is 32.0 Å². The molecule has 3 N–H and O–H groups in total. The van der Waals surface area contributed by atoms with Crippen LogP contribution >= 0.6 is 0 Å². The maximum atomic E-state index is 15.9. The molecule has 0 unspecified atom stereocenters. The molecule has 228 valence electrons. The molecule has 0 amide bonds. The van der Waals surface area contributed by atoms with Gasteiger partial charge < -0.3 is 15.7 Å². The molecule has 1 atom stereocenters. The minimum absolute atomic E-state index is 0.107. The molecule has 4 aromatic carbocycles. The quantitative estimate of drug-likeness (QED) is 0.136. The van der Waals surface area contributed by atoms with Gasteiger partial charge in [-0.25, -0.2) is 18.2 Å². The SMILES string of the molecule is CC(=N)[C@@H](F)C(C)(C)c1cc2c(cc1C(N)=Nc1c(C(C)C)cccc1C(C)C)c1cc(F)ccc1n2-c1ccc(F)cc1. The second-order valence-electron chi connectivity index (χ2n) is 12.7. The minimum atomic E-state index is -1.61. The highest BCUT2D eigenvalue weighted by atomic mass is 19.1. The number of alkyl halides is 1. The zero-order valence-electron chi connectivity index (χ0n) is 26.3. The van der Waals surface area contributed by atoms with E-state index in [1.165, 1.54) is 31.2 Å². The average molecular weight is 597 g/mol. The molecule has 5 rings (SSSR count). The fourth-order valence-corrected chi connectivity index (χ4v) is 6.15. The van der Waals surface area contributed by atoms with Gasteiger partial charge in [-0.3, -0.25) is 0 Å². The van der Waals surface area contributed by atoms with Crippen LogP contribution in [0.15, 0.2) is 77.8 Å². The molecule has 7 heteroatoms. The number of halogens is 3. The van der Waals surface area contributed by atoms with E-state index in [0.29, 0.717) is 38.6 Å². The maximum Gasteiger partial charge on any atom is 0.146 e. The van der Waals surface area contributed by atoms with E-state index in [-0.39, 0.29) is 29.2 Å². The lowest BCUT2D eigenvalue weighted by Crippen LogP contribution is -2.37. The van der Waals surface area contributed by atoms with Crippen LogP contribution in [0.3, 0.4) is 0 Å². The van der Waals surface area contributed by atoms with Crippen LogP contribution in [-0.4, -0.2) is 22.3 Å². The van der Waals surface area contributed by atoms with Crippen molar-refractivity contribution in [2.75, 3.05) is 0 Å². The van der Waals surface area contributed by atoms with E-state index in [9.17, 15) is 8.78 Å². The average Bonchev–Trinajstić information content (AvgIpc) is 3.28. The van der Waals surface area contributed by atoms with Gasteiger partial charge >= 0.3 is 0 Å². The summed E-state index contributed by atoms with van der Waals surface area (Å²) >= 11 is 0. The van der Waals surface area contributed by atoms with Crippen LogP contribution in [0.2, 0.25) is 0 Å². The van der Waals surface area contributed by atoms with E-state index in [1.807, 2.05) is 34.9 Å². The van der Waals surface area contributed by atoms with Crippen LogP contribution in [-0.2, 0) is 5.41 Å². The third-order valence-corrected chi connectivity index (χ3v) is 8.51. The summed E-state index contributed by atoms with van der Waals surface area (Å²) in [5, 5.41) is 9.49. The molecule has 0 fully saturated rings. The molecule has 5 aromatic rings. The molecular formula is C37H39F3N4. The number of nitrogens with two attached hydrogens (primary N) is 1. The second kappa shape index (κ2) is 11.6. The zero-order valence-corrected chi connectivity index (χ0v) is 26.3. The van der Waals surface area contributed by atoms with Crippen molar-refractivity contribution in [2.45, 2.75) is 71.9 Å². The largest absolute Gasteiger partial charge is 0.383 e. The molecule has 0 aliphatic heterocycles. The Morgan fingerprint density at radius 2 is 1.39 bits per heavy atom. The van der Waals surface area contributed by atoms with Crippen molar-refractivity contribution in [3.63, 3.8) is 0 Å². The Morgan fingerprint density at radius 1 is 0.818 bits per heavy atom. The number of nitrogens with one attached hydrogen (secondary N) is 1. The first kappa shape index (κ1) is 31.0. The van der Waals surface area contributed by atoms with E-state index in [4.69, 9.17) is 16.1 Å². The summed E-state index contributed by atoms with van der Waals surface area (Å²) in [7, 11) is 0. The van der Waals surface area contributed by atoms with Crippen molar-refractivity contribution in [1.29, 1.82) is 5.41 Å². The summed E-state index contributed by atoms with van der Waals surface area (Å²) in [6, 6.07) is 20.4. The molecule has 0 saturated heterocycles. The molecule has 44 heavy (non-hydrogen) atoms. The Morgan fingerprint density at radius 3 is 1.95 bits per heavy atom. The molecule has 1 heterocycles. The monoisotopic (exact) mass is 596 g/mol. The van der Waals surface area contributed by atoms with Crippen molar-refractivity contribution in [2.24, 2.45) is 10.7 Å². The number of hydrogen-bond acceptors (Lipinski definition) is 2. The lowest BCUT2D eigenvalue weighted by Gasteiger charge is -2.31. The van der Waals surface area contributed by atoms with Crippen LogP contribution in [0, 0.1) is 17.0 Å². The van der Waals surface area contributed by atoms with Crippen LogP contribution < -0.4 is 5.73 Å². The molecule has 0 radical (unpaired) electrons. The molecular weight excluding hydrogens is 557 g/mol. The molecule has 0 saturated carbocycles. The summed E-state index contributed by atoms with van der Waals surface area (Å²) in [6.45, 7) is 13.4. The van der Waals surface area contributed by atoms with Crippen molar-refractivity contribution in [3.8, 4) is 5.69 Å². The number of amidine groups is 1. The normalized spacial score (nSPS) is 13.4. The number of benzene rings is 4. The van der Waals surface area contributed by atoms with Crippen molar-refractivity contribution in [3.05, 3.63) is 107 Å². The van der Waals surface area contributed by atoms with E-state index in [0.717, 1.165) is 16.8 Å². The highest BCUT2D eigenvalue weighted by molar-refractivity contribution is 6.13. The number of aliphatic imine (C=N–C) groups is 1. The van der Waals surface area contributed by atoms with Gasteiger partial charge in [-0.1, -0.05) is 59.7 Å². The lowest BCUT2D eigenvalue weighted by atomic mass is 9.75. The standard InChI is InChI=1S/C37H39F3N4/c1-20(2)26-9-8-10-27(21(3)4)34(26)43-36(42)30-18-29-28-17-24(39)13-16-32(28)44(25-14-11-23(38)12-15-25)33(29)19-31(30)37(6,7)35(40)22(5)41/h8-21,35,41H,1-7H3,(H2,42,43)/t35-/m1/s1. The van der Waals surface area contributed by atoms with Crippen molar-refractivity contribution >= 4 is 39.0 Å².